The number of carbonyl (C=O) groups excluding carboxylic acids is 1. The van der Waals surface area contributed by atoms with E-state index in [2.05, 4.69) is 10.3 Å². The number of pyridine rings is 1. The Morgan fingerprint density at radius 1 is 1.16 bits per heavy atom. The number of nitrogens with zero attached hydrogens (tertiary/aromatic N) is 1. The predicted octanol–water partition coefficient (Wildman–Crippen LogP) is 3.16. The van der Waals surface area contributed by atoms with E-state index < -0.39 is 11.9 Å². The number of aliphatic hydroxyl groups is 1. The number of hydrogen-bond donors (Lipinski definition) is 2. The third-order valence-electron chi connectivity index (χ3n) is 4.04. The van der Waals surface area contributed by atoms with Gasteiger partial charge >= 0.3 is 0 Å². The molecule has 4 nitrogen and oxygen atoms in total. The van der Waals surface area contributed by atoms with Gasteiger partial charge in [0, 0.05) is 18.1 Å². The highest BCUT2D eigenvalue weighted by Gasteiger charge is 2.13. The Hall–Kier alpha value is -2.79. The van der Waals surface area contributed by atoms with Gasteiger partial charge < -0.3 is 10.4 Å². The molecule has 0 radical (unpaired) electrons. The fraction of sp³-hybridized carbons (Fsp3) is 0.200. The highest BCUT2D eigenvalue weighted by atomic mass is 19.1. The minimum atomic E-state index is -1.02. The summed E-state index contributed by atoms with van der Waals surface area (Å²) in [6.07, 6.45) is 1.28. The van der Waals surface area contributed by atoms with Gasteiger partial charge in [0.2, 0.25) is 5.91 Å². The van der Waals surface area contributed by atoms with E-state index in [1.807, 2.05) is 30.3 Å². The van der Waals surface area contributed by atoms with Crippen LogP contribution < -0.4 is 5.32 Å². The molecule has 0 bridgehead atoms. The minimum Gasteiger partial charge on any atom is -0.388 e. The summed E-state index contributed by atoms with van der Waals surface area (Å²) in [5.41, 5.74) is 2.39. The Bertz CT molecular complexity index is 877. The molecule has 0 spiro atoms. The average Bonchev–Trinajstić information content (AvgIpc) is 2.62. The van der Waals surface area contributed by atoms with Crippen molar-refractivity contribution in [2.45, 2.75) is 18.9 Å². The van der Waals surface area contributed by atoms with Gasteiger partial charge in [-0.3, -0.25) is 9.78 Å². The van der Waals surface area contributed by atoms with E-state index in [4.69, 9.17) is 0 Å². The first-order valence-electron chi connectivity index (χ1n) is 8.16. The van der Waals surface area contributed by atoms with Crippen LogP contribution >= 0.6 is 0 Å². The Morgan fingerprint density at radius 2 is 1.96 bits per heavy atom. The largest absolute Gasteiger partial charge is 0.388 e. The van der Waals surface area contributed by atoms with E-state index in [9.17, 15) is 14.3 Å². The molecule has 0 aliphatic rings. The van der Waals surface area contributed by atoms with Gasteiger partial charge in [-0.1, -0.05) is 36.4 Å². The topological polar surface area (TPSA) is 62.2 Å². The zero-order valence-electron chi connectivity index (χ0n) is 13.7. The van der Waals surface area contributed by atoms with Gasteiger partial charge in [0.25, 0.3) is 0 Å². The van der Waals surface area contributed by atoms with Gasteiger partial charge in [-0.15, -0.1) is 0 Å². The Balaban J connectivity index is 1.54. The molecule has 0 saturated heterocycles. The van der Waals surface area contributed by atoms with Gasteiger partial charge in [0.05, 0.1) is 18.0 Å². The molecule has 3 rings (SSSR count). The maximum absolute atomic E-state index is 13.2. The van der Waals surface area contributed by atoms with E-state index in [0.29, 0.717) is 18.5 Å². The number of carbonyl (C=O) groups is 1. The van der Waals surface area contributed by atoms with Gasteiger partial charge in [-0.25, -0.2) is 4.39 Å². The van der Waals surface area contributed by atoms with Crippen LogP contribution in [-0.4, -0.2) is 22.5 Å². The molecule has 5 heteroatoms. The number of fused-ring (bicyclic) bond motifs is 1. The number of aliphatic hydroxyl groups excluding tert-OH is 1. The summed E-state index contributed by atoms with van der Waals surface area (Å²) in [6, 6.07) is 15.5. The summed E-state index contributed by atoms with van der Waals surface area (Å²) in [4.78, 5) is 16.4. The second kappa shape index (κ2) is 7.85. The third kappa shape index (κ3) is 4.39. The molecule has 0 fully saturated rings. The van der Waals surface area contributed by atoms with Crippen LogP contribution in [0.3, 0.4) is 0 Å². The highest BCUT2D eigenvalue weighted by Crippen LogP contribution is 2.18. The van der Waals surface area contributed by atoms with Crippen molar-refractivity contribution in [3.05, 3.63) is 77.7 Å². The number of halogens is 1. The molecule has 2 aromatic carbocycles. The molecule has 0 aliphatic heterocycles. The average molecular weight is 338 g/mol. The normalized spacial score (nSPS) is 12.1. The quantitative estimate of drug-likeness (QED) is 0.726. The molecular formula is C20H19FN2O2. The first kappa shape index (κ1) is 17.0. The molecular weight excluding hydrogens is 319 g/mol. The lowest BCUT2D eigenvalue weighted by Gasteiger charge is -2.12. The Morgan fingerprint density at radius 3 is 2.80 bits per heavy atom. The molecule has 25 heavy (non-hydrogen) atoms. The number of hydrogen-bond acceptors (Lipinski definition) is 3. The summed E-state index contributed by atoms with van der Waals surface area (Å²) < 4.78 is 13.2. The maximum atomic E-state index is 13.2. The van der Waals surface area contributed by atoms with Gasteiger partial charge in [-0.2, -0.15) is 0 Å². The highest BCUT2D eigenvalue weighted by molar-refractivity contribution is 5.81. The van der Waals surface area contributed by atoms with E-state index in [1.165, 1.54) is 18.2 Å². The van der Waals surface area contributed by atoms with Crippen molar-refractivity contribution in [2.24, 2.45) is 0 Å². The van der Waals surface area contributed by atoms with Crippen LogP contribution in [0.25, 0.3) is 10.9 Å². The zero-order chi connectivity index (χ0) is 17.6. The fourth-order valence-corrected chi connectivity index (χ4v) is 2.79. The van der Waals surface area contributed by atoms with Crippen LogP contribution in [0.4, 0.5) is 4.39 Å². The second-order valence-electron chi connectivity index (χ2n) is 5.87. The van der Waals surface area contributed by atoms with Crippen molar-refractivity contribution in [1.82, 2.24) is 10.3 Å². The van der Waals surface area contributed by atoms with Gasteiger partial charge in [0.1, 0.15) is 5.82 Å². The number of aromatic nitrogens is 1. The summed E-state index contributed by atoms with van der Waals surface area (Å²) in [6.45, 7) is 0.449. The predicted molar refractivity (Wildman–Crippen MR) is 94.4 cm³/mol. The lowest BCUT2D eigenvalue weighted by Crippen LogP contribution is -2.27. The van der Waals surface area contributed by atoms with Crippen molar-refractivity contribution in [2.75, 3.05) is 6.54 Å². The monoisotopic (exact) mass is 338 g/mol. The SMILES string of the molecule is O=C(CC(O)c1cccc(F)c1)NCCc1cccc2cccnc12. The first-order chi connectivity index (χ1) is 12.1. The van der Waals surface area contributed by atoms with E-state index >= 15 is 0 Å². The lowest BCUT2D eigenvalue weighted by molar-refractivity contribution is -0.123. The second-order valence-corrected chi connectivity index (χ2v) is 5.87. The molecule has 1 unspecified atom stereocenters. The standard InChI is InChI=1S/C20H19FN2O2/c21-17-8-2-6-16(12-17)18(24)13-19(25)22-11-9-15-5-1-4-14-7-3-10-23-20(14)15/h1-8,10,12,18,24H,9,11,13H2,(H,22,25). The van der Waals surface area contributed by atoms with Crippen molar-refractivity contribution < 1.29 is 14.3 Å². The van der Waals surface area contributed by atoms with E-state index in [0.717, 1.165) is 16.5 Å². The Kier molecular flexibility index (Phi) is 5.36. The first-order valence-corrected chi connectivity index (χ1v) is 8.16. The smallest absolute Gasteiger partial charge is 0.222 e. The molecule has 1 atom stereocenters. The van der Waals surface area contributed by atoms with Crippen LogP contribution in [0.5, 0.6) is 0 Å². The van der Waals surface area contributed by atoms with Crippen molar-refractivity contribution in [3.63, 3.8) is 0 Å². The van der Waals surface area contributed by atoms with Crippen molar-refractivity contribution >= 4 is 16.8 Å². The van der Waals surface area contributed by atoms with Crippen LogP contribution in [0.1, 0.15) is 23.7 Å². The summed E-state index contributed by atoms with van der Waals surface area (Å²) in [5.74, 6) is -0.703. The van der Waals surface area contributed by atoms with Crippen LogP contribution in [0, 0.1) is 5.82 Å². The summed E-state index contributed by atoms with van der Waals surface area (Å²) in [7, 11) is 0. The minimum absolute atomic E-state index is 0.1000. The number of rotatable bonds is 6. The van der Waals surface area contributed by atoms with Crippen LogP contribution in [-0.2, 0) is 11.2 Å². The molecule has 3 aromatic rings. The number of para-hydroxylation sites is 1. The molecule has 128 valence electrons. The molecule has 1 aromatic heterocycles. The molecule has 1 amide bonds. The lowest BCUT2D eigenvalue weighted by atomic mass is 10.1. The third-order valence-corrected chi connectivity index (χ3v) is 4.04. The number of nitrogens with one attached hydrogen (secondary N) is 1. The molecule has 2 N–H and O–H groups in total. The van der Waals surface area contributed by atoms with Crippen LogP contribution in [0.2, 0.25) is 0 Å². The van der Waals surface area contributed by atoms with E-state index in [-0.39, 0.29) is 12.3 Å². The van der Waals surface area contributed by atoms with Gasteiger partial charge in [-0.05, 0) is 35.7 Å². The summed E-state index contributed by atoms with van der Waals surface area (Å²) in [5, 5.41) is 13.9. The van der Waals surface area contributed by atoms with Crippen LogP contribution in [0.15, 0.2) is 60.8 Å². The zero-order valence-corrected chi connectivity index (χ0v) is 13.7. The number of benzene rings is 2. The fourth-order valence-electron chi connectivity index (χ4n) is 2.79. The van der Waals surface area contributed by atoms with Gasteiger partial charge in [0.15, 0.2) is 0 Å². The van der Waals surface area contributed by atoms with Crippen molar-refractivity contribution in [3.8, 4) is 0 Å². The van der Waals surface area contributed by atoms with E-state index in [1.54, 1.807) is 12.3 Å². The summed E-state index contributed by atoms with van der Waals surface area (Å²) >= 11 is 0. The van der Waals surface area contributed by atoms with Crippen molar-refractivity contribution in [1.29, 1.82) is 0 Å². The maximum Gasteiger partial charge on any atom is 0.222 e. The Labute approximate surface area is 145 Å². The number of amides is 1. The molecule has 0 saturated carbocycles. The molecule has 0 aliphatic carbocycles. The molecule has 1 heterocycles.